The van der Waals surface area contributed by atoms with E-state index in [9.17, 15) is 4.79 Å². The van der Waals surface area contributed by atoms with Gasteiger partial charge in [0.2, 0.25) is 5.91 Å². The molecule has 0 saturated carbocycles. The SMILES string of the molecule is COc1cccc2c(CC(=O)Nc3ccc4ccccc4c3)coc12. The maximum Gasteiger partial charge on any atom is 0.228 e. The van der Waals surface area contributed by atoms with Crippen LogP contribution >= 0.6 is 0 Å². The smallest absolute Gasteiger partial charge is 0.228 e. The maximum absolute atomic E-state index is 12.4. The number of methoxy groups -OCH3 is 1. The first-order valence-corrected chi connectivity index (χ1v) is 8.06. The molecular formula is C21H17NO3. The van der Waals surface area contributed by atoms with Crippen molar-refractivity contribution >= 4 is 33.3 Å². The molecule has 0 aliphatic heterocycles. The Balaban J connectivity index is 1.55. The predicted molar refractivity (Wildman–Crippen MR) is 99.0 cm³/mol. The monoisotopic (exact) mass is 331 g/mol. The van der Waals surface area contributed by atoms with Crippen molar-refractivity contribution in [3.8, 4) is 5.75 Å². The second-order valence-electron chi connectivity index (χ2n) is 5.88. The van der Waals surface area contributed by atoms with Gasteiger partial charge in [-0.2, -0.15) is 0 Å². The number of fused-ring (bicyclic) bond motifs is 2. The third kappa shape index (κ3) is 2.94. The summed E-state index contributed by atoms with van der Waals surface area (Å²) in [6, 6.07) is 19.6. The normalized spacial score (nSPS) is 10.9. The molecule has 0 fully saturated rings. The first-order valence-electron chi connectivity index (χ1n) is 8.06. The Labute approximate surface area is 145 Å². The van der Waals surface area contributed by atoms with Gasteiger partial charge >= 0.3 is 0 Å². The highest BCUT2D eigenvalue weighted by atomic mass is 16.5. The number of anilines is 1. The summed E-state index contributed by atoms with van der Waals surface area (Å²) in [5, 5.41) is 6.09. The van der Waals surface area contributed by atoms with Crippen molar-refractivity contribution < 1.29 is 13.9 Å². The minimum Gasteiger partial charge on any atom is -0.493 e. The van der Waals surface area contributed by atoms with Gasteiger partial charge in [-0.05, 0) is 29.0 Å². The van der Waals surface area contributed by atoms with E-state index in [-0.39, 0.29) is 12.3 Å². The van der Waals surface area contributed by atoms with Crippen LogP contribution in [0.15, 0.2) is 71.3 Å². The van der Waals surface area contributed by atoms with Gasteiger partial charge in [-0.3, -0.25) is 4.79 Å². The molecule has 0 unspecified atom stereocenters. The van der Waals surface area contributed by atoms with Gasteiger partial charge in [-0.15, -0.1) is 0 Å². The quantitative estimate of drug-likeness (QED) is 0.586. The number of hydrogen-bond acceptors (Lipinski definition) is 3. The van der Waals surface area contributed by atoms with E-state index in [4.69, 9.17) is 9.15 Å². The lowest BCUT2D eigenvalue weighted by Crippen LogP contribution is -2.14. The minimum absolute atomic E-state index is 0.0826. The molecular weight excluding hydrogens is 314 g/mol. The Morgan fingerprint density at radius 3 is 2.72 bits per heavy atom. The lowest BCUT2D eigenvalue weighted by atomic mass is 10.1. The summed E-state index contributed by atoms with van der Waals surface area (Å²) < 4.78 is 10.9. The van der Waals surface area contributed by atoms with E-state index >= 15 is 0 Å². The average Bonchev–Trinajstić information content (AvgIpc) is 3.04. The first kappa shape index (κ1) is 15.3. The molecule has 4 rings (SSSR count). The number of nitrogens with one attached hydrogen (secondary N) is 1. The van der Waals surface area contributed by atoms with Gasteiger partial charge in [-0.25, -0.2) is 0 Å². The number of para-hydroxylation sites is 1. The summed E-state index contributed by atoms with van der Waals surface area (Å²) in [6.45, 7) is 0. The van der Waals surface area contributed by atoms with Crippen molar-refractivity contribution in [2.45, 2.75) is 6.42 Å². The lowest BCUT2D eigenvalue weighted by Gasteiger charge is -2.06. The molecule has 1 heterocycles. The molecule has 3 aromatic carbocycles. The molecule has 1 N–H and O–H groups in total. The lowest BCUT2D eigenvalue weighted by molar-refractivity contribution is -0.115. The molecule has 0 aliphatic rings. The van der Waals surface area contributed by atoms with Crippen LogP contribution in [-0.4, -0.2) is 13.0 Å². The van der Waals surface area contributed by atoms with E-state index in [2.05, 4.69) is 5.32 Å². The molecule has 0 aliphatic carbocycles. The fourth-order valence-corrected chi connectivity index (χ4v) is 3.03. The molecule has 0 spiro atoms. The van der Waals surface area contributed by atoms with Gasteiger partial charge in [0.1, 0.15) is 0 Å². The Kier molecular flexibility index (Phi) is 3.86. The number of rotatable bonds is 4. The fraction of sp³-hybridized carbons (Fsp3) is 0.0952. The van der Waals surface area contributed by atoms with Crippen LogP contribution in [0.1, 0.15) is 5.56 Å². The zero-order valence-corrected chi connectivity index (χ0v) is 13.8. The van der Waals surface area contributed by atoms with Gasteiger partial charge in [0.05, 0.1) is 19.8 Å². The van der Waals surface area contributed by atoms with Crippen LogP contribution in [0.3, 0.4) is 0 Å². The van der Waals surface area contributed by atoms with Crippen LogP contribution < -0.4 is 10.1 Å². The summed E-state index contributed by atoms with van der Waals surface area (Å²) in [7, 11) is 1.60. The van der Waals surface area contributed by atoms with Crippen LogP contribution in [0.2, 0.25) is 0 Å². The molecule has 1 amide bonds. The molecule has 4 aromatic rings. The molecule has 0 atom stereocenters. The van der Waals surface area contributed by atoms with E-state index in [0.717, 1.165) is 27.4 Å². The Bertz CT molecular complexity index is 1070. The van der Waals surface area contributed by atoms with Crippen molar-refractivity contribution in [3.63, 3.8) is 0 Å². The highest BCUT2D eigenvalue weighted by Gasteiger charge is 2.13. The molecule has 0 radical (unpaired) electrons. The summed E-state index contributed by atoms with van der Waals surface area (Å²) in [6.07, 6.45) is 1.86. The Morgan fingerprint density at radius 1 is 1.04 bits per heavy atom. The Morgan fingerprint density at radius 2 is 1.88 bits per heavy atom. The predicted octanol–water partition coefficient (Wildman–Crippen LogP) is 4.78. The highest BCUT2D eigenvalue weighted by molar-refractivity contribution is 5.98. The van der Waals surface area contributed by atoms with E-state index in [1.165, 1.54) is 0 Å². The van der Waals surface area contributed by atoms with Crippen LogP contribution in [0.4, 0.5) is 5.69 Å². The number of furan rings is 1. The fourth-order valence-electron chi connectivity index (χ4n) is 3.03. The molecule has 0 bridgehead atoms. The number of amides is 1. The first-order chi connectivity index (χ1) is 12.2. The molecule has 1 aromatic heterocycles. The van der Waals surface area contributed by atoms with Crippen LogP contribution in [0, 0.1) is 0 Å². The Hall–Kier alpha value is -3.27. The van der Waals surface area contributed by atoms with Crippen molar-refractivity contribution in [1.82, 2.24) is 0 Å². The number of carbonyl (C=O) groups excluding carboxylic acids is 1. The van der Waals surface area contributed by atoms with Crippen molar-refractivity contribution in [2.75, 3.05) is 12.4 Å². The molecule has 124 valence electrons. The van der Waals surface area contributed by atoms with E-state index in [0.29, 0.717) is 11.3 Å². The second-order valence-corrected chi connectivity index (χ2v) is 5.88. The number of benzene rings is 3. The van der Waals surface area contributed by atoms with Crippen LogP contribution in [0.5, 0.6) is 5.75 Å². The summed E-state index contributed by atoms with van der Waals surface area (Å²) in [5.74, 6) is 0.583. The topological polar surface area (TPSA) is 51.5 Å². The summed E-state index contributed by atoms with van der Waals surface area (Å²) >= 11 is 0. The number of carbonyl (C=O) groups is 1. The van der Waals surface area contributed by atoms with E-state index in [1.807, 2.05) is 60.7 Å². The van der Waals surface area contributed by atoms with Crippen molar-refractivity contribution in [2.24, 2.45) is 0 Å². The van der Waals surface area contributed by atoms with Crippen LogP contribution in [-0.2, 0) is 11.2 Å². The largest absolute Gasteiger partial charge is 0.493 e. The van der Waals surface area contributed by atoms with Crippen LogP contribution in [0.25, 0.3) is 21.7 Å². The van der Waals surface area contributed by atoms with E-state index in [1.54, 1.807) is 13.4 Å². The van der Waals surface area contributed by atoms with Gasteiger partial charge in [0.15, 0.2) is 11.3 Å². The summed E-state index contributed by atoms with van der Waals surface area (Å²) in [5.41, 5.74) is 2.29. The minimum atomic E-state index is -0.0826. The third-order valence-electron chi connectivity index (χ3n) is 4.25. The van der Waals surface area contributed by atoms with Crippen molar-refractivity contribution in [3.05, 3.63) is 72.5 Å². The second kappa shape index (κ2) is 6.32. The van der Waals surface area contributed by atoms with Gasteiger partial charge in [-0.1, -0.05) is 42.5 Å². The molecule has 0 saturated heterocycles. The average molecular weight is 331 g/mol. The molecule has 25 heavy (non-hydrogen) atoms. The zero-order valence-electron chi connectivity index (χ0n) is 13.8. The highest BCUT2D eigenvalue weighted by Crippen LogP contribution is 2.30. The maximum atomic E-state index is 12.4. The van der Waals surface area contributed by atoms with Crippen molar-refractivity contribution in [1.29, 1.82) is 0 Å². The third-order valence-corrected chi connectivity index (χ3v) is 4.25. The number of hydrogen-bond donors (Lipinski definition) is 1. The number of ether oxygens (including phenoxy) is 1. The zero-order chi connectivity index (χ0) is 17.2. The molecule has 4 nitrogen and oxygen atoms in total. The van der Waals surface area contributed by atoms with Gasteiger partial charge in [0, 0.05) is 16.6 Å². The molecule has 4 heteroatoms. The standard InChI is InChI=1S/C21H17NO3/c1-24-19-8-4-7-18-16(13-25-21(18)19)12-20(23)22-17-10-9-14-5-2-3-6-15(14)11-17/h2-11,13H,12H2,1H3,(H,22,23). The summed E-state index contributed by atoms with van der Waals surface area (Å²) in [4.78, 5) is 12.4. The van der Waals surface area contributed by atoms with E-state index < -0.39 is 0 Å². The van der Waals surface area contributed by atoms with Gasteiger partial charge in [0.25, 0.3) is 0 Å². The van der Waals surface area contributed by atoms with Gasteiger partial charge < -0.3 is 14.5 Å².